The lowest BCUT2D eigenvalue weighted by atomic mass is 10.1. The molecule has 0 saturated carbocycles. The second kappa shape index (κ2) is 4.27. The average molecular weight is 244 g/mol. The van der Waals surface area contributed by atoms with E-state index in [0.29, 0.717) is 17.0 Å². The molecule has 0 radical (unpaired) electrons. The Kier molecular flexibility index (Phi) is 2.60. The molecule has 0 N–H and O–H groups in total. The van der Waals surface area contributed by atoms with Gasteiger partial charge in [0.1, 0.15) is 0 Å². The maximum absolute atomic E-state index is 12.3. The highest BCUT2D eigenvalue weighted by molar-refractivity contribution is 6.03. The topological polar surface area (TPSA) is 51.1 Å². The van der Waals surface area contributed by atoms with Crippen molar-refractivity contribution in [2.75, 3.05) is 7.11 Å². The summed E-state index contributed by atoms with van der Waals surface area (Å²) in [6.45, 7) is 0. The molecule has 0 aliphatic carbocycles. The number of nitrogens with zero attached hydrogens (tertiary/aromatic N) is 2. The molecular formula is C13H12N2O3. The van der Waals surface area contributed by atoms with E-state index >= 15 is 0 Å². The fraction of sp³-hybridized carbons (Fsp3) is 0.231. The number of aliphatic imine (C=N–C) groups is 1. The first-order valence-corrected chi connectivity index (χ1v) is 5.68. The van der Waals surface area contributed by atoms with Gasteiger partial charge in [-0.15, -0.1) is 0 Å². The third-order valence-corrected chi connectivity index (χ3v) is 3.00. The minimum atomic E-state index is -0.0368. The molecule has 0 aromatic heterocycles. The van der Waals surface area contributed by atoms with E-state index in [1.54, 1.807) is 29.3 Å². The van der Waals surface area contributed by atoms with Crippen molar-refractivity contribution in [2.45, 2.75) is 12.5 Å². The molecule has 1 unspecified atom stereocenters. The highest BCUT2D eigenvalue weighted by Crippen LogP contribution is 2.30. The van der Waals surface area contributed by atoms with Crippen LogP contribution in [0.5, 0.6) is 5.75 Å². The Balaban J connectivity index is 2.03. The summed E-state index contributed by atoms with van der Waals surface area (Å²) in [4.78, 5) is 27.9. The summed E-state index contributed by atoms with van der Waals surface area (Å²) in [7, 11) is 1.43. The van der Waals surface area contributed by atoms with Crippen molar-refractivity contribution in [3.63, 3.8) is 0 Å². The van der Waals surface area contributed by atoms with Crippen LogP contribution in [0, 0.1) is 0 Å². The molecule has 1 aromatic carbocycles. The SMILES string of the molecule is COOc1ccc2c(c1)N=CC1CC=CN1C2=O. The van der Waals surface area contributed by atoms with Crippen LogP contribution in [-0.2, 0) is 4.89 Å². The predicted octanol–water partition coefficient (Wildman–Crippen LogP) is 2.07. The zero-order chi connectivity index (χ0) is 12.5. The first-order valence-electron chi connectivity index (χ1n) is 5.68. The van der Waals surface area contributed by atoms with Gasteiger partial charge in [0, 0.05) is 18.5 Å². The monoisotopic (exact) mass is 244 g/mol. The Morgan fingerprint density at radius 1 is 1.44 bits per heavy atom. The van der Waals surface area contributed by atoms with Gasteiger partial charge < -0.3 is 9.79 Å². The molecule has 92 valence electrons. The molecule has 5 heteroatoms. The molecule has 5 nitrogen and oxygen atoms in total. The van der Waals surface area contributed by atoms with Crippen LogP contribution in [0.3, 0.4) is 0 Å². The number of carbonyl (C=O) groups is 1. The lowest BCUT2D eigenvalue weighted by Gasteiger charge is -2.18. The van der Waals surface area contributed by atoms with Gasteiger partial charge in [0.25, 0.3) is 5.91 Å². The molecule has 18 heavy (non-hydrogen) atoms. The summed E-state index contributed by atoms with van der Waals surface area (Å²) in [5.74, 6) is 0.490. The Bertz CT molecular complexity index is 551. The van der Waals surface area contributed by atoms with Gasteiger partial charge in [0.05, 0.1) is 24.4 Å². The van der Waals surface area contributed by atoms with E-state index in [0.717, 1.165) is 6.42 Å². The van der Waals surface area contributed by atoms with Crippen LogP contribution < -0.4 is 4.89 Å². The zero-order valence-corrected chi connectivity index (χ0v) is 9.87. The fourth-order valence-electron chi connectivity index (χ4n) is 2.14. The third-order valence-electron chi connectivity index (χ3n) is 3.00. The Hall–Kier alpha value is -2.14. The summed E-state index contributed by atoms with van der Waals surface area (Å²) in [6, 6.07) is 5.11. The van der Waals surface area contributed by atoms with Crippen molar-refractivity contribution in [2.24, 2.45) is 4.99 Å². The van der Waals surface area contributed by atoms with Gasteiger partial charge in [-0.2, -0.15) is 4.89 Å². The van der Waals surface area contributed by atoms with Crippen molar-refractivity contribution in [3.05, 3.63) is 36.0 Å². The average Bonchev–Trinajstić information content (AvgIpc) is 2.80. The number of benzene rings is 1. The highest BCUT2D eigenvalue weighted by atomic mass is 17.2. The van der Waals surface area contributed by atoms with Gasteiger partial charge in [-0.25, -0.2) is 0 Å². The van der Waals surface area contributed by atoms with Gasteiger partial charge >= 0.3 is 0 Å². The zero-order valence-electron chi connectivity index (χ0n) is 9.87. The largest absolute Gasteiger partial charge is 0.338 e. The van der Waals surface area contributed by atoms with Crippen LogP contribution in [0.25, 0.3) is 0 Å². The maximum atomic E-state index is 12.3. The van der Waals surface area contributed by atoms with Crippen molar-refractivity contribution in [3.8, 4) is 5.75 Å². The number of amides is 1. The molecule has 2 heterocycles. The van der Waals surface area contributed by atoms with Crippen molar-refractivity contribution in [1.29, 1.82) is 0 Å². The lowest BCUT2D eigenvalue weighted by Crippen LogP contribution is -2.32. The fourth-order valence-corrected chi connectivity index (χ4v) is 2.14. The molecule has 0 fully saturated rings. The molecule has 1 atom stereocenters. The van der Waals surface area contributed by atoms with Crippen LogP contribution in [0.2, 0.25) is 0 Å². The number of carbonyl (C=O) groups excluding carboxylic acids is 1. The Labute approximate surface area is 104 Å². The number of rotatable bonds is 2. The summed E-state index contributed by atoms with van der Waals surface area (Å²) in [5, 5.41) is 0. The summed E-state index contributed by atoms with van der Waals surface area (Å²) >= 11 is 0. The van der Waals surface area contributed by atoms with Crippen LogP contribution >= 0.6 is 0 Å². The van der Waals surface area contributed by atoms with Crippen LogP contribution in [0.4, 0.5) is 5.69 Å². The minimum absolute atomic E-state index is 0.0247. The standard InChI is InChI=1S/C13H12N2O3/c1-17-18-10-4-5-11-12(7-10)14-8-9-3-2-6-15(9)13(11)16/h2,4-9H,3H2,1H3. The first-order chi connectivity index (χ1) is 8.79. The molecule has 0 spiro atoms. The minimum Gasteiger partial charge on any atom is -0.338 e. The van der Waals surface area contributed by atoms with E-state index < -0.39 is 0 Å². The normalized spacial score (nSPS) is 20.6. The van der Waals surface area contributed by atoms with E-state index in [2.05, 4.69) is 9.88 Å². The van der Waals surface area contributed by atoms with E-state index in [9.17, 15) is 4.79 Å². The molecule has 2 aliphatic heterocycles. The van der Waals surface area contributed by atoms with Crippen molar-refractivity contribution >= 4 is 17.8 Å². The number of hydrogen-bond acceptors (Lipinski definition) is 4. The van der Waals surface area contributed by atoms with Crippen molar-refractivity contribution < 1.29 is 14.6 Å². The highest BCUT2D eigenvalue weighted by Gasteiger charge is 2.28. The van der Waals surface area contributed by atoms with E-state index in [1.165, 1.54) is 7.11 Å². The van der Waals surface area contributed by atoms with Gasteiger partial charge in [0.15, 0.2) is 5.75 Å². The van der Waals surface area contributed by atoms with Crippen LogP contribution in [0.1, 0.15) is 16.8 Å². The third kappa shape index (κ3) is 1.69. The summed E-state index contributed by atoms with van der Waals surface area (Å²) in [5.41, 5.74) is 1.18. The van der Waals surface area contributed by atoms with Gasteiger partial charge in [-0.3, -0.25) is 9.79 Å². The summed E-state index contributed by atoms with van der Waals surface area (Å²) < 4.78 is 0. The molecule has 3 rings (SSSR count). The lowest BCUT2D eigenvalue weighted by molar-refractivity contribution is -0.178. The van der Waals surface area contributed by atoms with E-state index in [1.807, 2.05) is 12.3 Å². The molecule has 1 aromatic rings. The van der Waals surface area contributed by atoms with Crippen LogP contribution in [-0.4, -0.2) is 30.2 Å². The van der Waals surface area contributed by atoms with Crippen LogP contribution in [0.15, 0.2) is 35.5 Å². The maximum Gasteiger partial charge on any atom is 0.260 e. The van der Waals surface area contributed by atoms with E-state index in [-0.39, 0.29) is 11.9 Å². The summed E-state index contributed by atoms with van der Waals surface area (Å²) in [6.07, 6.45) is 6.39. The smallest absolute Gasteiger partial charge is 0.260 e. The number of hydrogen-bond donors (Lipinski definition) is 0. The molecule has 1 amide bonds. The van der Waals surface area contributed by atoms with Crippen molar-refractivity contribution in [1.82, 2.24) is 4.90 Å². The molecular weight excluding hydrogens is 232 g/mol. The molecule has 2 aliphatic rings. The predicted molar refractivity (Wildman–Crippen MR) is 65.9 cm³/mol. The van der Waals surface area contributed by atoms with Gasteiger partial charge in [-0.05, 0) is 18.6 Å². The molecule has 0 saturated heterocycles. The van der Waals surface area contributed by atoms with E-state index in [4.69, 9.17) is 4.89 Å². The first kappa shape index (κ1) is 11.0. The number of fused-ring (bicyclic) bond motifs is 2. The Morgan fingerprint density at radius 3 is 3.17 bits per heavy atom. The Morgan fingerprint density at radius 2 is 2.33 bits per heavy atom. The quantitative estimate of drug-likeness (QED) is 0.591. The second-order valence-corrected chi connectivity index (χ2v) is 4.11. The second-order valence-electron chi connectivity index (χ2n) is 4.11. The van der Waals surface area contributed by atoms with Gasteiger partial charge in [0.2, 0.25) is 0 Å². The van der Waals surface area contributed by atoms with Gasteiger partial charge in [-0.1, -0.05) is 6.08 Å². The molecule has 0 bridgehead atoms.